The van der Waals surface area contributed by atoms with Crippen LogP contribution in [0.4, 0.5) is 0 Å². The van der Waals surface area contributed by atoms with E-state index in [4.69, 9.17) is 0 Å². The molecule has 0 saturated heterocycles. The van der Waals surface area contributed by atoms with E-state index in [1.807, 2.05) is 0 Å². The second kappa shape index (κ2) is 6.48. The predicted octanol–water partition coefficient (Wildman–Crippen LogP) is 2.78. The monoisotopic (exact) mass is 373 g/mol. The maximum absolute atomic E-state index is 12.1. The molecule has 1 aromatic rings. The number of rotatable bonds is 5. The highest BCUT2D eigenvalue weighted by atomic mass is 79.9. The molecule has 0 aromatic heterocycles. The van der Waals surface area contributed by atoms with Gasteiger partial charge in [0.1, 0.15) is 0 Å². The second-order valence-corrected chi connectivity index (χ2v) is 8.40. The Kier molecular flexibility index (Phi) is 5.09. The second-order valence-electron chi connectivity index (χ2n) is 5.82. The third-order valence-electron chi connectivity index (χ3n) is 4.12. The van der Waals surface area contributed by atoms with Crippen molar-refractivity contribution < 1.29 is 13.2 Å². The first-order valence-electron chi connectivity index (χ1n) is 7.01. The van der Waals surface area contributed by atoms with E-state index in [1.165, 1.54) is 25.0 Å². The molecule has 0 radical (unpaired) electrons. The summed E-state index contributed by atoms with van der Waals surface area (Å²) in [4.78, 5) is 12.4. The topological polar surface area (TPSA) is 63.2 Å². The number of nitrogens with one attached hydrogen (secondary N) is 1. The number of alkyl halides is 1. The number of benzene rings is 1. The van der Waals surface area contributed by atoms with Gasteiger partial charge in [0.05, 0.1) is 4.90 Å². The Morgan fingerprint density at radius 2 is 1.81 bits per heavy atom. The number of carbonyl (C=O) groups is 1. The van der Waals surface area contributed by atoms with Crippen molar-refractivity contribution in [2.75, 3.05) is 18.1 Å². The molecule has 0 atom stereocenters. The lowest BCUT2D eigenvalue weighted by atomic mass is 9.89. The van der Waals surface area contributed by atoms with Gasteiger partial charge in [0.25, 0.3) is 5.91 Å². The van der Waals surface area contributed by atoms with E-state index in [1.54, 1.807) is 12.1 Å². The maximum atomic E-state index is 12.1. The summed E-state index contributed by atoms with van der Waals surface area (Å²) in [5, 5.41) is 3.87. The fourth-order valence-electron chi connectivity index (χ4n) is 2.71. The number of carbonyl (C=O) groups excluding carboxylic acids is 1. The summed E-state index contributed by atoms with van der Waals surface area (Å²) >= 11 is 3.55. The molecular weight excluding hydrogens is 354 g/mol. The van der Waals surface area contributed by atoms with Gasteiger partial charge in [-0.3, -0.25) is 4.79 Å². The molecule has 0 bridgehead atoms. The van der Waals surface area contributed by atoms with Gasteiger partial charge in [0, 0.05) is 23.7 Å². The first kappa shape index (κ1) is 16.5. The molecule has 0 unspecified atom stereocenters. The zero-order valence-electron chi connectivity index (χ0n) is 12.1. The Morgan fingerprint density at radius 3 is 2.29 bits per heavy atom. The smallest absolute Gasteiger partial charge is 0.251 e. The van der Waals surface area contributed by atoms with Crippen molar-refractivity contribution in [3.63, 3.8) is 0 Å². The van der Waals surface area contributed by atoms with Gasteiger partial charge in [0.2, 0.25) is 0 Å². The Bertz CT molecular complexity index is 604. The summed E-state index contributed by atoms with van der Waals surface area (Å²) in [5.74, 6) is -0.151. The highest BCUT2D eigenvalue weighted by Gasteiger charge is 2.33. The van der Waals surface area contributed by atoms with Crippen molar-refractivity contribution in [3.8, 4) is 0 Å². The summed E-state index contributed by atoms with van der Waals surface area (Å²) in [7, 11) is -3.22. The molecule has 2 rings (SSSR count). The summed E-state index contributed by atoms with van der Waals surface area (Å²) in [6.07, 6.45) is 5.84. The van der Waals surface area contributed by atoms with Gasteiger partial charge in [-0.15, -0.1) is 0 Å². The van der Waals surface area contributed by atoms with E-state index in [2.05, 4.69) is 21.2 Å². The van der Waals surface area contributed by atoms with Crippen LogP contribution in [0.2, 0.25) is 0 Å². The summed E-state index contributed by atoms with van der Waals surface area (Å²) < 4.78 is 22.8. The Balaban J connectivity index is 2.00. The molecule has 1 fully saturated rings. The molecule has 1 saturated carbocycles. The largest absolute Gasteiger partial charge is 0.351 e. The molecule has 116 valence electrons. The van der Waals surface area contributed by atoms with Crippen molar-refractivity contribution in [1.29, 1.82) is 0 Å². The Labute approximate surface area is 134 Å². The standard InChI is InChI=1S/C15H20BrNO3S/c1-21(19,20)13-6-4-12(5-7-13)14(18)17-11-15(10-16)8-2-3-9-15/h4-7H,2-3,8-11H2,1H3,(H,17,18). The zero-order valence-corrected chi connectivity index (χ0v) is 14.5. The van der Waals surface area contributed by atoms with Crippen LogP contribution in [-0.2, 0) is 9.84 Å². The highest BCUT2D eigenvalue weighted by Crippen LogP contribution is 2.38. The van der Waals surface area contributed by atoms with Crippen LogP contribution in [-0.4, -0.2) is 32.5 Å². The minimum atomic E-state index is -3.22. The molecule has 21 heavy (non-hydrogen) atoms. The van der Waals surface area contributed by atoms with Crippen LogP contribution >= 0.6 is 15.9 Å². The lowest BCUT2D eigenvalue weighted by molar-refractivity contribution is 0.0935. The first-order valence-corrected chi connectivity index (χ1v) is 10.0. The molecule has 1 amide bonds. The summed E-state index contributed by atoms with van der Waals surface area (Å²) in [5.41, 5.74) is 0.660. The van der Waals surface area contributed by atoms with E-state index in [0.29, 0.717) is 12.1 Å². The average Bonchev–Trinajstić information content (AvgIpc) is 2.93. The molecule has 0 heterocycles. The van der Waals surface area contributed by atoms with E-state index >= 15 is 0 Å². The lowest BCUT2D eigenvalue weighted by Crippen LogP contribution is -2.37. The fourth-order valence-corrected chi connectivity index (χ4v) is 4.10. The Morgan fingerprint density at radius 1 is 1.24 bits per heavy atom. The molecule has 6 heteroatoms. The highest BCUT2D eigenvalue weighted by molar-refractivity contribution is 9.09. The Hall–Kier alpha value is -0.880. The molecule has 1 aromatic carbocycles. The van der Waals surface area contributed by atoms with Gasteiger partial charge >= 0.3 is 0 Å². The number of halogens is 1. The molecule has 1 aliphatic rings. The van der Waals surface area contributed by atoms with Crippen LogP contribution in [0.5, 0.6) is 0 Å². The normalized spacial score (nSPS) is 17.6. The van der Waals surface area contributed by atoms with Crippen LogP contribution < -0.4 is 5.32 Å². The fraction of sp³-hybridized carbons (Fsp3) is 0.533. The number of amides is 1. The number of hydrogen-bond acceptors (Lipinski definition) is 3. The lowest BCUT2D eigenvalue weighted by Gasteiger charge is -2.26. The van der Waals surface area contributed by atoms with E-state index in [9.17, 15) is 13.2 Å². The van der Waals surface area contributed by atoms with Crippen molar-refractivity contribution in [1.82, 2.24) is 5.32 Å². The average molecular weight is 374 g/mol. The number of hydrogen-bond donors (Lipinski definition) is 1. The van der Waals surface area contributed by atoms with Crippen molar-refractivity contribution in [3.05, 3.63) is 29.8 Å². The first-order chi connectivity index (χ1) is 9.86. The van der Waals surface area contributed by atoms with Gasteiger partial charge in [-0.2, -0.15) is 0 Å². The van der Waals surface area contributed by atoms with Crippen LogP contribution in [0.3, 0.4) is 0 Å². The third kappa shape index (κ3) is 4.07. The van der Waals surface area contributed by atoms with Gasteiger partial charge in [-0.25, -0.2) is 8.42 Å². The molecular formula is C15H20BrNO3S. The molecule has 4 nitrogen and oxygen atoms in total. The maximum Gasteiger partial charge on any atom is 0.251 e. The molecule has 1 N–H and O–H groups in total. The van der Waals surface area contributed by atoms with Gasteiger partial charge in [-0.05, 0) is 42.5 Å². The molecule has 1 aliphatic carbocycles. The summed E-state index contributed by atoms with van der Waals surface area (Å²) in [6, 6.07) is 6.06. The molecule has 0 aliphatic heterocycles. The van der Waals surface area contributed by atoms with Gasteiger partial charge in [0.15, 0.2) is 9.84 Å². The predicted molar refractivity (Wildman–Crippen MR) is 86.6 cm³/mol. The van der Waals surface area contributed by atoms with Crippen molar-refractivity contribution >= 4 is 31.7 Å². The minimum Gasteiger partial charge on any atom is -0.351 e. The van der Waals surface area contributed by atoms with Crippen LogP contribution in [0.25, 0.3) is 0 Å². The van der Waals surface area contributed by atoms with E-state index in [-0.39, 0.29) is 16.2 Å². The van der Waals surface area contributed by atoms with Crippen LogP contribution in [0, 0.1) is 5.41 Å². The van der Waals surface area contributed by atoms with Crippen molar-refractivity contribution in [2.24, 2.45) is 5.41 Å². The quantitative estimate of drug-likeness (QED) is 0.807. The zero-order chi connectivity index (χ0) is 15.5. The number of sulfone groups is 1. The van der Waals surface area contributed by atoms with Gasteiger partial charge in [-0.1, -0.05) is 28.8 Å². The minimum absolute atomic E-state index is 0.151. The van der Waals surface area contributed by atoms with Crippen LogP contribution in [0.1, 0.15) is 36.0 Å². The summed E-state index contributed by atoms with van der Waals surface area (Å²) in [6.45, 7) is 0.658. The van der Waals surface area contributed by atoms with Crippen molar-refractivity contribution in [2.45, 2.75) is 30.6 Å². The van der Waals surface area contributed by atoms with Crippen LogP contribution in [0.15, 0.2) is 29.2 Å². The SMILES string of the molecule is CS(=O)(=O)c1ccc(C(=O)NCC2(CBr)CCCC2)cc1. The molecule has 0 spiro atoms. The van der Waals surface area contributed by atoms with Gasteiger partial charge < -0.3 is 5.32 Å². The third-order valence-corrected chi connectivity index (χ3v) is 6.43. The van der Waals surface area contributed by atoms with E-state index in [0.717, 1.165) is 24.4 Å². The van der Waals surface area contributed by atoms with E-state index < -0.39 is 9.84 Å².